The van der Waals surface area contributed by atoms with Crippen molar-refractivity contribution in [3.8, 4) is 5.69 Å². The second-order valence-corrected chi connectivity index (χ2v) is 8.87. The minimum atomic E-state index is -0.554. The number of carbonyl (C=O) groups excluding carboxylic acids is 1. The fraction of sp³-hybridized carbons (Fsp3) is 0.208. The zero-order valence-corrected chi connectivity index (χ0v) is 18.0. The van der Waals surface area contributed by atoms with Crippen LogP contribution < -0.4 is 16.6 Å². The van der Waals surface area contributed by atoms with Gasteiger partial charge in [-0.25, -0.2) is 13.8 Å². The Labute approximate surface area is 186 Å². The molecule has 0 bridgehead atoms. The standard InChI is InChI=1S/C24H20FN3O3S/c25-15-10-12-16(13-11-15)26-20(29)14-27-23-21(18-8-4-5-9-19(18)32-23)22(30)28(24(27)31)17-6-2-1-3-7-17/h1-3,6-7,10-13H,4-5,8-9,14H2,(H,26,29). The van der Waals surface area contributed by atoms with Crippen molar-refractivity contribution in [2.75, 3.05) is 5.32 Å². The molecule has 1 amide bonds. The third-order valence-electron chi connectivity index (χ3n) is 5.68. The molecular formula is C24H20FN3O3S. The highest BCUT2D eigenvalue weighted by Gasteiger charge is 2.25. The number of amides is 1. The molecule has 0 saturated heterocycles. The topological polar surface area (TPSA) is 73.1 Å². The Morgan fingerprint density at radius 1 is 1.00 bits per heavy atom. The molecule has 6 nitrogen and oxygen atoms in total. The molecule has 1 aliphatic carbocycles. The number of carbonyl (C=O) groups is 1. The van der Waals surface area contributed by atoms with E-state index in [9.17, 15) is 18.8 Å². The second-order valence-electron chi connectivity index (χ2n) is 7.79. The molecule has 0 radical (unpaired) electrons. The van der Waals surface area contributed by atoms with Gasteiger partial charge in [0.15, 0.2) is 0 Å². The number of hydrogen-bond donors (Lipinski definition) is 1. The Kier molecular flexibility index (Phi) is 5.22. The normalized spacial score (nSPS) is 13.2. The maximum atomic E-state index is 13.5. The van der Waals surface area contributed by atoms with Crippen molar-refractivity contribution in [2.45, 2.75) is 32.2 Å². The molecular weight excluding hydrogens is 429 g/mol. The van der Waals surface area contributed by atoms with Gasteiger partial charge in [0.2, 0.25) is 5.91 Å². The molecule has 2 heterocycles. The zero-order chi connectivity index (χ0) is 22.2. The number of rotatable bonds is 4. The van der Waals surface area contributed by atoms with Crippen molar-refractivity contribution < 1.29 is 9.18 Å². The van der Waals surface area contributed by atoms with Crippen LogP contribution in [0.1, 0.15) is 23.3 Å². The highest BCUT2D eigenvalue weighted by molar-refractivity contribution is 7.18. The monoisotopic (exact) mass is 449 g/mol. The van der Waals surface area contributed by atoms with E-state index < -0.39 is 17.4 Å². The largest absolute Gasteiger partial charge is 0.337 e. The summed E-state index contributed by atoms with van der Waals surface area (Å²) in [6, 6.07) is 14.2. The predicted molar refractivity (Wildman–Crippen MR) is 123 cm³/mol. The number of fused-ring (bicyclic) bond motifs is 3. The Morgan fingerprint density at radius 3 is 2.47 bits per heavy atom. The number of halogens is 1. The first-order valence-electron chi connectivity index (χ1n) is 10.4. The summed E-state index contributed by atoms with van der Waals surface area (Å²) >= 11 is 1.43. The van der Waals surface area contributed by atoms with Crippen molar-refractivity contribution >= 4 is 33.1 Å². The molecule has 1 N–H and O–H groups in total. The van der Waals surface area contributed by atoms with Gasteiger partial charge in [-0.3, -0.25) is 14.2 Å². The van der Waals surface area contributed by atoms with E-state index >= 15 is 0 Å². The summed E-state index contributed by atoms with van der Waals surface area (Å²) in [5.74, 6) is -0.829. The van der Waals surface area contributed by atoms with Crippen LogP contribution in [0.15, 0.2) is 64.2 Å². The number of nitrogens with zero attached hydrogens (tertiary/aromatic N) is 2. The van der Waals surface area contributed by atoms with Crippen LogP contribution >= 0.6 is 11.3 Å². The van der Waals surface area contributed by atoms with Crippen LogP contribution in [-0.2, 0) is 24.2 Å². The van der Waals surface area contributed by atoms with Gasteiger partial charge in [-0.2, -0.15) is 0 Å². The maximum absolute atomic E-state index is 13.5. The third-order valence-corrected chi connectivity index (χ3v) is 7.00. The summed E-state index contributed by atoms with van der Waals surface area (Å²) in [6.45, 7) is -0.251. The molecule has 0 atom stereocenters. The van der Waals surface area contributed by atoms with Gasteiger partial charge in [0.25, 0.3) is 5.56 Å². The van der Waals surface area contributed by atoms with Gasteiger partial charge in [0.05, 0.1) is 11.1 Å². The fourth-order valence-electron chi connectivity index (χ4n) is 4.19. The highest BCUT2D eigenvalue weighted by Crippen LogP contribution is 2.34. The van der Waals surface area contributed by atoms with E-state index in [1.54, 1.807) is 24.3 Å². The smallest absolute Gasteiger partial charge is 0.325 e. The summed E-state index contributed by atoms with van der Waals surface area (Å²) in [5, 5.41) is 3.23. The van der Waals surface area contributed by atoms with Crippen LogP contribution in [0.3, 0.4) is 0 Å². The van der Waals surface area contributed by atoms with Crippen LogP contribution in [0, 0.1) is 5.82 Å². The number of aromatic nitrogens is 2. The Bertz CT molecular complexity index is 1440. The first-order valence-corrected chi connectivity index (χ1v) is 11.3. The average Bonchev–Trinajstić information content (AvgIpc) is 3.19. The summed E-state index contributed by atoms with van der Waals surface area (Å²) in [6.07, 6.45) is 3.70. The summed E-state index contributed by atoms with van der Waals surface area (Å²) in [4.78, 5) is 41.4. The number of benzene rings is 2. The molecule has 2 aromatic heterocycles. The van der Waals surface area contributed by atoms with Crippen molar-refractivity contribution in [3.63, 3.8) is 0 Å². The molecule has 1 aliphatic rings. The molecule has 5 rings (SSSR count). The second kappa shape index (κ2) is 8.20. The lowest BCUT2D eigenvalue weighted by Crippen LogP contribution is -2.40. The maximum Gasteiger partial charge on any atom is 0.337 e. The number of nitrogens with one attached hydrogen (secondary N) is 1. The lowest BCUT2D eigenvalue weighted by atomic mass is 9.97. The Morgan fingerprint density at radius 2 is 1.72 bits per heavy atom. The van der Waals surface area contributed by atoms with E-state index in [2.05, 4.69) is 5.32 Å². The van der Waals surface area contributed by atoms with Gasteiger partial charge in [-0.15, -0.1) is 11.3 Å². The Balaban J connectivity index is 1.66. The van der Waals surface area contributed by atoms with Gasteiger partial charge in [-0.05, 0) is 67.6 Å². The van der Waals surface area contributed by atoms with E-state index in [-0.39, 0.29) is 12.1 Å². The van der Waals surface area contributed by atoms with E-state index in [0.717, 1.165) is 40.7 Å². The first kappa shape index (κ1) is 20.4. The fourth-order valence-corrected chi connectivity index (χ4v) is 5.56. The number of thiophene rings is 1. The van der Waals surface area contributed by atoms with Crippen LogP contribution in [0.25, 0.3) is 15.9 Å². The number of hydrogen-bond acceptors (Lipinski definition) is 4. The molecule has 4 aromatic rings. The van der Waals surface area contributed by atoms with Gasteiger partial charge in [0, 0.05) is 10.6 Å². The molecule has 32 heavy (non-hydrogen) atoms. The molecule has 0 saturated carbocycles. The Hall–Kier alpha value is -3.52. The zero-order valence-electron chi connectivity index (χ0n) is 17.1. The van der Waals surface area contributed by atoms with Crippen LogP contribution in [0.5, 0.6) is 0 Å². The SMILES string of the molecule is O=C(Cn1c(=O)n(-c2ccccc2)c(=O)c2c3c(sc21)CCCC3)Nc1ccc(F)cc1. The van der Waals surface area contributed by atoms with Crippen molar-refractivity contribution in [1.29, 1.82) is 0 Å². The van der Waals surface area contributed by atoms with Crippen LogP contribution in [0.2, 0.25) is 0 Å². The van der Waals surface area contributed by atoms with E-state index in [4.69, 9.17) is 0 Å². The summed E-state index contributed by atoms with van der Waals surface area (Å²) in [7, 11) is 0. The molecule has 0 fully saturated rings. The van der Waals surface area contributed by atoms with Crippen molar-refractivity contribution in [1.82, 2.24) is 9.13 Å². The molecule has 0 spiro atoms. The van der Waals surface area contributed by atoms with E-state index in [1.165, 1.54) is 40.2 Å². The van der Waals surface area contributed by atoms with Gasteiger partial charge >= 0.3 is 5.69 Å². The lowest BCUT2D eigenvalue weighted by molar-refractivity contribution is -0.116. The molecule has 2 aromatic carbocycles. The van der Waals surface area contributed by atoms with Crippen molar-refractivity contribution in [2.24, 2.45) is 0 Å². The third kappa shape index (κ3) is 3.56. The molecule has 8 heteroatoms. The van der Waals surface area contributed by atoms with E-state index in [0.29, 0.717) is 21.6 Å². The molecule has 0 aliphatic heterocycles. The number of aryl methyl sites for hydroxylation is 2. The van der Waals surface area contributed by atoms with Gasteiger partial charge in [-0.1, -0.05) is 18.2 Å². The summed E-state index contributed by atoms with van der Waals surface area (Å²) in [5.41, 5.74) is 1.00. The highest BCUT2D eigenvalue weighted by atomic mass is 32.1. The molecule has 162 valence electrons. The van der Waals surface area contributed by atoms with Gasteiger partial charge < -0.3 is 5.32 Å². The minimum Gasteiger partial charge on any atom is -0.325 e. The van der Waals surface area contributed by atoms with Gasteiger partial charge in [0.1, 0.15) is 17.2 Å². The first-order chi connectivity index (χ1) is 15.5. The number of para-hydroxylation sites is 1. The summed E-state index contributed by atoms with van der Waals surface area (Å²) < 4.78 is 15.7. The minimum absolute atomic E-state index is 0.251. The molecule has 0 unspecified atom stereocenters. The average molecular weight is 450 g/mol. The van der Waals surface area contributed by atoms with Crippen LogP contribution in [-0.4, -0.2) is 15.0 Å². The quantitative estimate of drug-likeness (QED) is 0.514. The van der Waals surface area contributed by atoms with Crippen molar-refractivity contribution in [3.05, 3.63) is 91.7 Å². The lowest BCUT2D eigenvalue weighted by Gasteiger charge is -2.13. The van der Waals surface area contributed by atoms with Crippen LogP contribution in [0.4, 0.5) is 10.1 Å². The van der Waals surface area contributed by atoms with E-state index in [1.807, 2.05) is 6.07 Å². The number of anilines is 1. The predicted octanol–water partition coefficient (Wildman–Crippen LogP) is 3.87.